The van der Waals surface area contributed by atoms with E-state index in [4.69, 9.17) is 17.2 Å². The van der Waals surface area contributed by atoms with Gasteiger partial charge in [-0.25, -0.2) is 4.39 Å². The Morgan fingerprint density at radius 3 is 2.39 bits per heavy atom. The molecule has 0 saturated carbocycles. The molecule has 38 heavy (non-hydrogen) atoms. The molecule has 2 aromatic carbocycles. The standard InChI is InChI=1S/C26H36FN7O4/c1-2-34(16-18-6-3-4-7-20(18)27)23(36)15-32-25(38)22(8-5-13-31-26(29)30)33-24(37)21(28)14-17-9-11-19(35)12-10-17/h3-4,6-7,9-12,21-22,35H,2,5,8,13-16,28H2,1H3,(H,32,38)(H,33,37)(H4,29,30,31)/t21-,22+/m0/s1. The Labute approximate surface area is 221 Å². The van der Waals surface area contributed by atoms with Gasteiger partial charge in [0, 0.05) is 25.2 Å². The Balaban J connectivity index is 2.00. The lowest BCUT2D eigenvalue weighted by Crippen LogP contribution is -2.53. The average molecular weight is 530 g/mol. The van der Waals surface area contributed by atoms with Crippen molar-refractivity contribution in [3.63, 3.8) is 0 Å². The van der Waals surface area contributed by atoms with Gasteiger partial charge in [0.1, 0.15) is 17.6 Å². The van der Waals surface area contributed by atoms with Crippen LogP contribution in [0, 0.1) is 5.82 Å². The van der Waals surface area contributed by atoms with E-state index in [9.17, 15) is 23.9 Å². The molecule has 0 aliphatic rings. The maximum atomic E-state index is 14.0. The zero-order chi connectivity index (χ0) is 28.1. The normalized spacial score (nSPS) is 12.2. The van der Waals surface area contributed by atoms with Crippen molar-refractivity contribution in [1.29, 1.82) is 0 Å². The van der Waals surface area contributed by atoms with E-state index in [1.54, 1.807) is 37.3 Å². The summed E-state index contributed by atoms with van der Waals surface area (Å²) < 4.78 is 14.0. The number of likely N-dealkylation sites (N-methyl/N-ethyl adjacent to an activating group) is 1. The number of guanidine groups is 1. The average Bonchev–Trinajstić information content (AvgIpc) is 2.89. The molecule has 2 rings (SSSR count). The van der Waals surface area contributed by atoms with E-state index in [0.717, 1.165) is 5.56 Å². The largest absolute Gasteiger partial charge is 0.508 e. The summed E-state index contributed by atoms with van der Waals surface area (Å²) in [6, 6.07) is 10.5. The number of hydrogen-bond acceptors (Lipinski definition) is 6. The number of halogens is 1. The molecule has 2 atom stereocenters. The number of phenolic OH excluding ortho intramolecular Hbond substituents is 1. The first-order chi connectivity index (χ1) is 18.1. The molecular weight excluding hydrogens is 493 g/mol. The van der Waals surface area contributed by atoms with Crippen LogP contribution in [0.2, 0.25) is 0 Å². The van der Waals surface area contributed by atoms with Crippen LogP contribution in [-0.4, -0.2) is 65.4 Å². The van der Waals surface area contributed by atoms with Crippen LogP contribution >= 0.6 is 0 Å². The van der Waals surface area contributed by atoms with E-state index in [-0.39, 0.29) is 44.2 Å². The molecule has 0 aliphatic carbocycles. The third-order valence-electron chi connectivity index (χ3n) is 5.77. The number of nitrogens with zero attached hydrogens (tertiary/aromatic N) is 2. The van der Waals surface area contributed by atoms with Gasteiger partial charge >= 0.3 is 0 Å². The molecule has 0 unspecified atom stereocenters. The van der Waals surface area contributed by atoms with Crippen LogP contribution in [0.4, 0.5) is 4.39 Å². The fourth-order valence-electron chi connectivity index (χ4n) is 3.64. The van der Waals surface area contributed by atoms with E-state index < -0.39 is 35.6 Å². The number of amides is 3. The second-order valence-corrected chi connectivity index (χ2v) is 8.70. The molecule has 0 heterocycles. The number of rotatable bonds is 14. The molecule has 0 aliphatic heterocycles. The minimum atomic E-state index is -0.989. The SMILES string of the molecule is CCN(Cc1ccccc1F)C(=O)CNC(=O)[C@@H](CCCN=C(N)N)NC(=O)[C@@H](N)Cc1ccc(O)cc1. The quantitative estimate of drug-likeness (QED) is 0.114. The van der Waals surface area contributed by atoms with Crippen molar-refractivity contribution >= 4 is 23.7 Å². The second kappa shape index (κ2) is 15.2. The predicted octanol–water partition coefficient (Wildman–Crippen LogP) is 0.104. The zero-order valence-electron chi connectivity index (χ0n) is 21.4. The van der Waals surface area contributed by atoms with E-state index >= 15 is 0 Å². The summed E-state index contributed by atoms with van der Waals surface area (Å²) in [7, 11) is 0. The monoisotopic (exact) mass is 529 g/mol. The number of nitrogens with one attached hydrogen (secondary N) is 2. The van der Waals surface area contributed by atoms with Crippen LogP contribution < -0.4 is 27.8 Å². The van der Waals surface area contributed by atoms with Crippen molar-refractivity contribution in [3.05, 3.63) is 65.5 Å². The van der Waals surface area contributed by atoms with Gasteiger partial charge < -0.3 is 37.8 Å². The van der Waals surface area contributed by atoms with E-state index in [0.29, 0.717) is 18.5 Å². The van der Waals surface area contributed by atoms with Crippen LogP contribution in [0.15, 0.2) is 53.5 Å². The van der Waals surface area contributed by atoms with Gasteiger partial charge in [-0.15, -0.1) is 0 Å². The highest BCUT2D eigenvalue weighted by molar-refractivity contribution is 5.91. The smallest absolute Gasteiger partial charge is 0.243 e. The molecule has 9 N–H and O–H groups in total. The molecular formula is C26H36FN7O4. The van der Waals surface area contributed by atoms with Crippen LogP contribution in [0.25, 0.3) is 0 Å². The predicted molar refractivity (Wildman–Crippen MR) is 142 cm³/mol. The van der Waals surface area contributed by atoms with Crippen LogP contribution in [0.3, 0.4) is 0 Å². The number of benzene rings is 2. The number of carbonyl (C=O) groups is 3. The highest BCUT2D eigenvalue weighted by atomic mass is 19.1. The van der Waals surface area contributed by atoms with Crippen molar-refractivity contribution in [2.45, 2.75) is 44.8 Å². The fraction of sp³-hybridized carbons (Fsp3) is 0.385. The van der Waals surface area contributed by atoms with Crippen LogP contribution in [0.1, 0.15) is 30.9 Å². The van der Waals surface area contributed by atoms with Gasteiger partial charge in [-0.2, -0.15) is 0 Å². The molecule has 0 spiro atoms. The summed E-state index contributed by atoms with van der Waals surface area (Å²) in [5.74, 6) is -1.95. The minimum absolute atomic E-state index is 0.0582. The van der Waals surface area contributed by atoms with E-state index in [1.165, 1.54) is 23.1 Å². The van der Waals surface area contributed by atoms with Crippen molar-refractivity contribution < 1.29 is 23.9 Å². The molecule has 206 valence electrons. The fourth-order valence-corrected chi connectivity index (χ4v) is 3.64. The lowest BCUT2D eigenvalue weighted by Gasteiger charge is -2.23. The second-order valence-electron chi connectivity index (χ2n) is 8.70. The number of aliphatic imine (C=N–C) groups is 1. The summed E-state index contributed by atoms with van der Waals surface area (Å²) in [6.45, 7) is 2.03. The third-order valence-corrected chi connectivity index (χ3v) is 5.77. The first kappa shape index (κ1) is 30.0. The Bertz CT molecular complexity index is 1110. The number of phenols is 1. The van der Waals surface area contributed by atoms with Gasteiger partial charge in [0.25, 0.3) is 0 Å². The highest BCUT2D eigenvalue weighted by Crippen LogP contribution is 2.12. The van der Waals surface area contributed by atoms with Gasteiger partial charge in [0.15, 0.2) is 5.96 Å². The molecule has 3 amide bonds. The summed E-state index contributed by atoms with van der Waals surface area (Å²) in [5.41, 5.74) is 17.8. The van der Waals surface area contributed by atoms with Gasteiger partial charge in [-0.3, -0.25) is 19.4 Å². The molecule has 2 aromatic rings. The Morgan fingerprint density at radius 1 is 1.08 bits per heavy atom. The maximum absolute atomic E-state index is 14.0. The van der Waals surface area contributed by atoms with Crippen LogP contribution in [0.5, 0.6) is 5.75 Å². The minimum Gasteiger partial charge on any atom is -0.508 e. The number of nitrogens with two attached hydrogens (primary N) is 3. The van der Waals surface area contributed by atoms with Crippen molar-refractivity contribution in [3.8, 4) is 5.75 Å². The Kier molecular flexibility index (Phi) is 12.0. The lowest BCUT2D eigenvalue weighted by atomic mass is 10.0. The topological polar surface area (TPSA) is 189 Å². The number of carbonyl (C=O) groups excluding carboxylic acids is 3. The molecule has 0 aromatic heterocycles. The molecule has 0 bridgehead atoms. The van der Waals surface area contributed by atoms with Gasteiger partial charge in [0.2, 0.25) is 17.7 Å². The van der Waals surface area contributed by atoms with Gasteiger partial charge in [0.05, 0.1) is 12.6 Å². The molecule has 11 nitrogen and oxygen atoms in total. The van der Waals surface area contributed by atoms with Crippen molar-refractivity contribution in [1.82, 2.24) is 15.5 Å². The van der Waals surface area contributed by atoms with Crippen molar-refractivity contribution in [2.24, 2.45) is 22.2 Å². The Hall–Kier alpha value is -4.19. The van der Waals surface area contributed by atoms with Crippen molar-refractivity contribution in [2.75, 3.05) is 19.6 Å². The molecule has 12 heteroatoms. The van der Waals surface area contributed by atoms with E-state index in [2.05, 4.69) is 15.6 Å². The molecule has 0 fully saturated rings. The summed E-state index contributed by atoms with van der Waals surface area (Å²) in [6.07, 6.45) is 0.765. The Morgan fingerprint density at radius 2 is 1.76 bits per heavy atom. The third kappa shape index (κ3) is 10.1. The maximum Gasteiger partial charge on any atom is 0.243 e. The van der Waals surface area contributed by atoms with Gasteiger partial charge in [-0.05, 0) is 49.9 Å². The zero-order valence-corrected chi connectivity index (χ0v) is 21.4. The highest BCUT2D eigenvalue weighted by Gasteiger charge is 2.25. The lowest BCUT2D eigenvalue weighted by molar-refractivity contribution is -0.134. The number of aromatic hydroxyl groups is 1. The molecule has 0 radical (unpaired) electrons. The van der Waals surface area contributed by atoms with E-state index in [1.807, 2.05) is 0 Å². The summed E-state index contributed by atoms with van der Waals surface area (Å²) in [4.78, 5) is 43.7. The summed E-state index contributed by atoms with van der Waals surface area (Å²) >= 11 is 0. The summed E-state index contributed by atoms with van der Waals surface area (Å²) in [5, 5.41) is 14.6. The molecule has 0 saturated heterocycles. The first-order valence-corrected chi connectivity index (χ1v) is 12.3. The number of hydrogen-bond donors (Lipinski definition) is 6. The first-order valence-electron chi connectivity index (χ1n) is 12.3. The van der Waals surface area contributed by atoms with Gasteiger partial charge in [-0.1, -0.05) is 30.3 Å². The van der Waals surface area contributed by atoms with Crippen LogP contribution in [-0.2, 0) is 27.3 Å².